The fraction of sp³-hybridized carbons (Fsp3) is 0.484. The average molecular weight is 530 g/mol. The second-order valence-corrected chi connectivity index (χ2v) is 11.4. The normalized spacial score (nSPS) is 30.9. The molecular formula is C31H35N3O5. The van der Waals surface area contributed by atoms with Gasteiger partial charge in [-0.1, -0.05) is 36.9 Å². The molecule has 4 heterocycles. The highest BCUT2D eigenvalue weighted by Gasteiger charge is 2.61. The number of amides is 1. The van der Waals surface area contributed by atoms with Gasteiger partial charge in [-0.05, 0) is 56.7 Å². The van der Waals surface area contributed by atoms with Gasteiger partial charge >= 0.3 is 5.97 Å². The largest absolute Gasteiger partial charge is 0.455 e. The number of carbonyl (C=O) groups excluding carboxylic acids is 3. The molecule has 1 aromatic carbocycles. The van der Waals surface area contributed by atoms with E-state index in [1.54, 1.807) is 6.07 Å². The molecule has 1 aromatic heterocycles. The number of ether oxygens (including phenoxy) is 2. The van der Waals surface area contributed by atoms with Crippen LogP contribution >= 0.6 is 0 Å². The molecule has 4 aliphatic rings. The smallest absolute Gasteiger partial charge is 0.334 e. The molecule has 6 rings (SSSR count). The Morgan fingerprint density at radius 2 is 1.97 bits per heavy atom. The van der Waals surface area contributed by atoms with Crippen LogP contribution in [0.1, 0.15) is 49.5 Å². The van der Waals surface area contributed by atoms with Crippen LogP contribution in [0.2, 0.25) is 0 Å². The maximum atomic E-state index is 13.5. The van der Waals surface area contributed by atoms with Crippen LogP contribution in [0.3, 0.4) is 0 Å². The van der Waals surface area contributed by atoms with Gasteiger partial charge < -0.3 is 14.4 Å². The fourth-order valence-electron chi connectivity index (χ4n) is 6.30. The molecule has 3 fully saturated rings. The number of hydrogen-bond donors (Lipinski definition) is 0. The minimum Gasteiger partial charge on any atom is -0.455 e. The Bertz CT molecular complexity index is 1370. The molecule has 0 bridgehead atoms. The van der Waals surface area contributed by atoms with E-state index in [0.29, 0.717) is 50.3 Å². The Labute approximate surface area is 228 Å². The lowest BCUT2D eigenvalue weighted by molar-refractivity contribution is -0.140. The van der Waals surface area contributed by atoms with Crippen molar-refractivity contribution in [2.75, 3.05) is 32.7 Å². The molecule has 1 aliphatic carbocycles. The molecular weight excluding hydrogens is 494 g/mol. The minimum absolute atomic E-state index is 0.0684. The third-order valence-electron chi connectivity index (χ3n) is 8.76. The predicted octanol–water partition coefficient (Wildman–Crippen LogP) is 3.71. The third-order valence-corrected chi connectivity index (χ3v) is 8.76. The van der Waals surface area contributed by atoms with Crippen molar-refractivity contribution in [1.82, 2.24) is 14.8 Å². The molecule has 2 aromatic rings. The van der Waals surface area contributed by atoms with E-state index in [1.807, 2.05) is 35.2 Å². The van der Waals surface area contributed by atoms with Crippen molar-refractivity contribution in [3.8, 4) is 0 Å². The monoisotopic (exact) mass is 529 g/mol. The Hall–Kier alpha value is -3.36. The molecule has 204 valence electrons. The van der Waals surface area contributed by atoms with Crippen LogP contribution < -0.4 is 0 Å². The first-order valence-electron chi connectivity index (χ1n) is 14.0. The first-order chi connectivity index (χ1) is 18.8. The van der Waals surface area contributed by atoms with Crippen molar-refractivity contribution < 1.29 is 23.9 Å². The Morgan fingerprint density at radius 3 is 2.85 bits per heavy atom. The number of rotatable bonds is 4. The van der Waals surface area contributed by atoms with Gasteiger partial charge in [0.25, 0.3) is 5.91 Å². The van der Waals surface area contributed by atoms with Crippen molar-refractivity contribution in [1.29, 1.82) is 0 Å². The number of carbonyl (C=O) groups is 3. The van der Waals surface area contributed by atoms with E-state index in [-0.39, 0.29) is 41.4 Å². The molecule has 8 nitrogen and oxygen atoms in total. The summed E-state index contributed by atoms with van der Waals surface area (Å²) in [4.78, 5) is 47.5. The number of aromatic nitrogens is 1. The summed E-state index contributed by atoms with van der Waals surface area (Å²) in [6, 6.07) is 11.5. The summed E-state index contributed by atoms with van der Waals surface area (Å²) in [5.41, 5.74) is 2.24. The van der Waals surface area contributed by atoms with E-state index in [0.717, 1.165) is 42.3 Å². The summed E-state index contributed by atoms with van der Waals surface area (Å²) in [5.74, 6) is -0.430. The highest BCUT2D eigenvalue weighted by atomic mass is 16.6. The number of pyridine rings is 1. The lowest BCUT2D eigenvalue weighted by atomic mass is 9.83. The van der Waals surface area contributed by atoms with Crippen LogP contribution in [0.25, 0.3) is 10.9 Å². The number of fused-ring (bicyclic) bond motifs is 4. The van der Waals surface area contributed by atoms with Gasteiger partial charge in [0.2, 0.25) is 0 Å². The molecule has 0 spiro atoms. The molecule has 39 heavy (non-hydrogen) atoms. The van der Waals surface area contributed by atoms with E-state index in [9.17, 15) is 14.4 Å². The van der Waals surface area contributed by atoms with Crippen LogP contribution in [0.15, 0.2) is 60.2 Å². The van der Waals surface area contributed by atoms with Gasteiger partial charge in [0.1, 0.15) is 17.9 Å². The third kappa shape index (κ3) is 5.15. The first-order valence-corrected chi connectivity index (χ1v) is 14.0. The number of epoxide rings is 1. The zero-order valence-electron chi connectivity index (χ0n) is 22.4. The minimum atomic E-state index is -0.346. The standard InChI is InChI=1S/C31H35N3O5/c1-20-23-12-10-22(8-5-14-31(2)28(39-31)27(23)38-30(20)37)26(35)19-33-15-6-16-34(18-17-33)29(36)25-13-11-21-7-3-4-9-24(21)32-25/h3-4,7-9,11,13,23,27-28H,1,5-6,10,12,14-19H2,2H3/b22-8+/t23-,27-,28-,31+/m0/s1. The Balaban J connectivity index is 1.08. The van der Waals surface area contributed by atoms with Gasteiger partial charge in [0.05, 0.1) is 17.7 Å². The molecule has 0 N–H and O–H groups in total. The Kier molecular flexibility index (Phi) is 6.85. The predicted molar refractivity (Wildman–Crippen MR) is 146 cm³/mol. The number of allylic oxidation sites excluding steroid dienone is 1. The van der Waals surface area contributed by atoms with Crippen molar-refractivity contribution >= 4 is 28.6 Å². The maximum absolute atomic E-state index is 13.5. The van der Waals surface area contributed by atoms with Gasteiger partial charge in [-0.25, -0.2) is 9.78 Å². The highest BCUT2D eigenvalue weighted by Crippen LogP contribution is 2.49. The van der Waals surface area contributed by atoms with Crippen molar-refractivity contribution in [2.24, 2.45) is 5.92 Å². The van der Waals surface area contributed by atoms with Gasteiger partial charge in [-0.15, -0.1) is 0 Å². The zero-order chi connectivity index (χ0) is 27.1. The molecule has 8 heteroatoms. The lowest BCUT2D eigenvalue weighted by Gasteiger charge is -2.23. The number of hydrogen-bond acceptors (Lipinski definition) is 7. The average Bonchev–Trinajstić information content (AvgIpc) is 3.60. The molecule has 3 aliphatic heterocycles. The van der Waals surface area contributed by atoms with Crippen LogP contribution in [0.5, 0.6) is 0 Å². The zero-order valence-corrected chi connectivity index (χ0v) is 22.4. The van der Waals surface area contributed by atoms with Crippen LogP contribution in [-0.2, 0) is 19.1 Å². The lowest BCUT2D eigenvalue weighted by Crippen LogP contribution is -2.37. The van der Waals surface area contributed by atoms with Gasteiger partial charge in [0, 0.05) is 43.1 Å². The summed E-state index contributed by atoms with van der Waals surface area (Å²) >= 11 is 0. The van der Waals surface area contributed by atoms with E-state index < -0.39 is 0 Å². The molecule has 1 amide bonds. The van der Waals surface area contributed by atoms with Crippen molar-refractivity contribution in [3.63, 3.8) is 0 Å². The summed E-state index contributed by atoms with van der Waals surface area (Å²) < 4.78 is 11.6. The number of nitrogens with zero attached hydrogens (tertiary/aromatic N) is 3. The van der Waals surface area contributed by atoms with Crippen molar-refractivity contribution in [3.05, 3.63) is 65.9 Å². The number of ketones is 1. The number of Topliss-reactive ketones (excluding diaryl/α,β-unsaturated/α-hetero) is 1. The SMILES string of the molecule is C=C1C(=O)O[C@H]2[C@H]1CC/C(C(=O)CN1CCCN(C(=O)c3ccc4ccccc4n3)CC1)=C\CC[C@@]1(C)O[C@@H]21. The quantitative estimate of drug-likeness (QED) is 0.339. The van der Waals surface area contributed by atoms with Crippen LogP contribution in [0.4, 0.5) is 0 Å². The molecule has 4 atom stereocenters. The fourth-order valence-corrected chi connectivity index (χ4v) is 6.30. The van der Waals surface area contributed by atoms with Gasteiger partial charge in [-0.2, -0.15) is 0 Å². The van der Waals surface area contributed by atoms with Crippen LogP contribution in [-0.4, -0.2) is 83.0 Å². The Morgan fingerprint density at radius 1 is 1.13 bits per heavy atom. The summed E-state index contributed by atoms with van der Waals surface area (Å²) in [6.07, 6.45) is 5.22. The van der Waals surface area contributed by atoms with E-state index in [4.69, 9.17) is 9.47 Å². The number of esters is 1. The summed E-state index contributed by atoms with van der Waals surface area (Å²) in [5, 5.41) is 1.01. The number of benzene rings is 1. The second kappa shape index (κ2) is 10.3. The summed E-state index contributed by atoms with van der Waals surface area (Å²) in [7, 11) is 0. The molecule has 0 radical (unpaired) electrons. The topological polar surface area (TPSA) is 92.3 Å². The first kappa shape index (κ1) is 25.9. The van der Waals surface area contributed by atoms with Crippen LogP contribution in [0, 0.1) is 5.92 Å². The van der Waals surface area contributed by atoms with Crippen molar-refractivity contribution in [2.45, 2.75) is 56.8 Å². The van der Waals surface area contributed by atoms with E-state index in [2.05, 4.69) is 29.5 Å². The molecule has 0 saturated carbocycles. The highest BCUT2D eigenvalue weighted by molar-refractivity contribution is 5.97. The second-order valence-electron chi connectivity index (χ2n) is 11.4. The van der Waals surface area contributed by atoms with Gasteiger partial charge in [-0.3, -0.25) is 14.5 Å². The maximum Gasteiger partial charge on any atom is 0.334 e. The number of para-hydroxylation sites is 1. The van der Waals surface area contributed by atoms with Gasteiger partial charge in [0.15, 0.2) is 5.78 Å². The molecule has 3 saturated heterocycles. The van der Waals surface area contributed by atoms with E-state index >= 15 is 0 Å². The molecule has 0 unspecified atom stereocenters. The van der Waals surface area contributed by atoms with E-state index in [1.165, 1.54) is 0 Å². The summed E-state index contributed by atoms with van der Waals surface area (Å²) in [6.45, 7) is 8.93.